The van der Waals surface area contributed by atoms with Gasteiger partial charge in [0.15, 0.2) is 11.0 Å². The maximum Gasteiger partial charge on any atom is 0.234 e. The number of rotatable bonds is 6. The van der Waals surface area contributed by atoms with Crippen LogP contribution in [0, 0.1) is 20.8 Å². The van der Waals surface area contributed by atoms with Gasteiger partial charge in [-0.05, 0) is 57.0 Å². The lowest BCUT2D eigenvalue weighted by Crippen LogP contribution is -2.15. The molecule has 0 atom stereocenters. The van der Waals surface area contributed by atoms with Gasteiger partial charge in [0.2, 0.25) is 5.91 Å². The zero-order valence-corrected chi connectivity index (χ0v) is 17.0. The molecule has 0 bridgehead atoms. The Labute approximate surface area is 161 Å². The zero-order chi connectivity index (χ0) is 18.7. The van der Waals surface area contributed by atoms with Crippen LogP contribution in [0.4, 0.5) is 5.69 Å². The van der Waals surface area contributed by atoms with E-state index in [0.717, 1.165) is 39.9 Å². The van der Waals surface area contributed by atoms with Crippen LogP contribution in [0.1, 0.15) is 22.9 Å². The SMILES string of the molecule is CCn1c(SCC(=O)Nc2cc(C)cc(C)c2)nnc1-c1csc(C)c1. The van der Waals surface area contributed by atoms with Crippen LogP contribution in [0.25, 0.3) is 11.4 Å². The van der Waals surface area contributed by atoms with E-state index < -0.39 is 0 Å². The van der Waals surface area contributed by atoms with Crippen molar-refractivity contribution in [2.75, 3.05) is 11.1 Å². The summed E-state index contributed by atoms with van der Waals surface area (Å²) < 4.78 is 2.05. The van der Waals surface area contributed by atoms with Gasteiger partial charge in [-0.1, -0.05) is 17.8 Å². The molecule has 136 valence electrons. The summed E-state index contributed by atoms with van der Waals surface area (Å²) >= 11 is 3.11. The lowest BCUT2D eigenvalue weighted by atomic mass is 10.1. The average Bonchev–Trinajstić information content (AvgIpc) is 3.17. The monoisotopic (exact) mass is 386 g/mol. The predicted octanol–water partition coefficient (Wildman–Crippen LogP) is 4.68. The van der Waals surface area contributed by atoms with Crippen molar-refractivity contribution in [3.05, 3.63) is 45.6 Å². The van der Waals surface area contributed by atoms with Crippen molar-refractivity contribution >= 4 is 34.7 Å². The van der Waals surface area contributed by atoms with Gasteiger partial charge >= 0.3 is 0 Å². The van der Waals surface area contributed by atoms with Crippen molar-refractivity contribution in [3.63, 3.8) is 0 Å². The molecule has 0 spiro atoms. The maximum absolute atomic E-state index is 12.3. The molecule has 3 rings (SSSR count). The molecule has 2 aromatic heterocycles. The molecular formula is C19H22N4OS2. The Morgan fingerprint density at radius 3 is 2.50 bits per heavy atom. The van der Waals surface area contributed by atoms with Crippen molar-refractivity contribution in [3.8, 4) is 11.4 Å². The summed E-state index contributed by atoms with van der Waals surface area (Å²) in [6.07, 6.45) is 0. The van der Waals surface area contributed by atoms with E-state index in [1.54, 1.807) is 11.3 Å². The fourth-order valence-corrected chi connectivity index (χ4v) is 4.31. The standard InChI is InChI=1S/C19H22N4OS2/c1-5-23-18(15-9-14(4)25-10-15)21-22-19(23)26-11-17(24)20-16-7-12(2)6-13(3)8-16/h6-10H,5,11H2,1-4H3,(H,20,24). The molecule has 26 heavy (non-hydrogen) atoms. The molecule has 0 unspecified atom stereocenters. The van der Waals surface area contributed by atoms with Crippen molar-refractivity contribution in [2.45, 2.75) is 39.4 Å². The summed E-state index contributed by atoms with van der Waals surface area (Å²) in [6.45, 7) is 8.95. The number of anilines is 1. The summed E-state index contributed by atoms with van der Waals surface area (Å²) in [6, 6.07) is 8.14. The second-order valence-corrected chi connectivity index (χ2v) is 8.27. The molecule has 1 N–H and O–H groups in total. The van der Waals surface area contributed by atoms with Gasteiger partial charge in [0.05, 0.1) is 5.75 Å². The summed E-state index contributed by atoms with van der Waals surface area (Å²) in [4.78, 5) is 13.5. The van der Waals surface area contributed by atoms with Crippen LogP contribution in [-0.2, 0) is 11.3 Å². The molecule has 3 aromatic rings. The Kier molecular flexibility index (Phi) is 5.78. The number of hydrogen-bond acceptors (Lipinski definition) is 5. The Hall–Kier alpha value is -2.12. The quantitative estimate of drug-likeness (QED) is 0.625. The number of amides is 1. The van der Waals surface area contributed by atoms with E-state index in [4.69, 9.17) is 0 Å². The van der Waals surface area contributed by atoms with Gasteiger partial charge in [0.1, 0.15) is 0 Å². The van der Waals surface area contributed by atoms with Gasteiger partial charge in [-0.15, -0.1) is 21.5 Å². The normalized spacial score (nSPS) is 10.9. The van der Waals surface area contributed by atoms with E-state index >= 15 is 0 Å². The number of thiophene rings is 1. The number of carbonyl (C=O) groups is 1. The third kappa shape index (κ3) is 4.34. The van der Waals surface area contributed by atoms with Crippen LogP contribution in [0.2, 0.25) is 0 Å². The van der Waals surface area contributed by atoms with Crippen LogP contribution in [0.15, 0.2) is 34.8 Å². The smallest absolute Gasteiger partial charge is 0.234 e. The number of thioether (sulfide) groups is 1. The summed E-state index contributed by atoms with van der Waals surface area (Å²) in [5, 5.41) is 14.4. The highest BCUT2D eigenvalue weighted by molar-refractivity contribution is 7.99. The molecule has 0 aliphatic rings. The number of nitrogens with one attached hydrogen (secondary N) is 1. The van der Waals surface area contributed by atoms with E-state index in [0.29, 0.717) is 5.75 Å². The Bertz CT molecular complexity index is 909. The molecule has 0 radical (unpaired) electrons. The third-order valence-electron chi connectivity index (χ3n) is 3.86. The Balaban J connectivity index is 1.67. The highest BCUT2D eigenvalue weighted by Crippen LogP contribution is 2.27. The van der Waals surface area contributed by atoms with E-state index in [2.05, 4.69) is 51.4 Å². The largest absolute Gasteiger partial charge is 0.325 e. The minimum absolute atomic E-state index is 0.0430. The second kappa shape index (κ2) is 8.05. The molecule has 0 saturated carbocycles. The van der Waals surface area contributed by atoms with Crippen molar-refractivity contribution in [2.24, 2.45) is 0 Å². The number of aryl methyl sites for hydroxylation is 3. The van der Waals surface area contributed by atoms with E-state index in [1.807, 2.05) is 26.0 Å². The number of benzene rings is 1. The van der Waals surface area contributed by atoms with Gasteiger partial charge in [-0.2, -0.15) is 0 Å². The number of nitrogens with zero attached hydrogens (tertiary/aromatic N) is 3. The molecular weight excluding hydrogens is 364 g/mol. The zero-order valence-electron chi connectivity index (χ0n) is 15.4. The van der Waals surface area contributed by atoms with Gasteiger partial charge in [-0.3, -0.25) is 4.79 Å². The first kappa shape index (κ1) is 18.7. The second-order valence-electron chi connectivity index (χ2n) is 6.21. The highest BCUT2D eigenvalue weighted by Gasteiger charge is 2.15. The molecule has 0 aliphatic heterocycles. The fourth-order valence-electron chi connectivity index (χ4n) is 2.83. The minimum Gasteiger partial charge on any atom is -0.325 e. The fraction of sp³-hybridized carbons (Fsp3) is 0.316. The van der Waals surface area contributed by atoms with Crippen LogP contribution in [-0.4, -0.2) is 26.4 Å². The van der Waals surface area contributed by atoms with E-state index in [9.17, 15) is 4.79 Å². The van der Waals surface area contributed by atoms with Crippen molar-refractivity contribution in [1.29, 1.82) is 0 Å². The van der Waals surface area contributed by atoms with Crippen LogP contribution in [0.3, 0.4) is 0 Å². The van der Waals surface area contributed by atoms with E-state index in [1.165, 1.54) is 16.6 Å². The first-order valence-corrected chi connectivity index (χ1v) is 10.3. The van der Waals surface area contributed by atoms with Gasteiger partial charge in [0.25, 0.3) is 0 Å². The van der Waals surface area contributed by atoms with E-state index in [-0.39, 0.29) is 5.91 Å². The molecule has 2 heterocycles. The van der Waals surface area contributed by atoms with Gasteiger partial charge in [-0.25, -0.2) is 0 Å². The van der Waals surface area contributed by atoms with Crippen LogP contribution < -0.4 is 5.32 Å². The molecule has 1 aromatic carbocycles. The highest BCUT2D eigenvalue weighted by atomic mass is 32.2. The molecule has 7 heteroatoms. The molecule has 1 amide bonds. The summed E-state index contributed by atoms with van der Waals surface area (Å²) in [5.74, 6) is 1.11. The number of aromatic nitrogens is 3. The molecule has 0 fully saturated rings. The number of carbonyl (C=O) groups excluding carboxylic acids is 1. The minimum atomic E-state index is -0.0430. The molecule has 0 aliphatic carbocycles. The average molecular weight is 387 g/mol. The lowest BCUT2D eigenvalue weighted by Gasteiger charge is -2.08. The summed E-state index contributed by atoms with van der Waals surface area (Å²) in [7, 11) is 0. The lowest BCUT2D eigenvalue weighted by molar-refractivity contribution is -0.113. The molecule has 0 saturated heterocycles. The van der Waals surface area contributed by atoms with Gasteiger partial charge in [0, 0.05) is 28.1 Å². The van der Waals surface area contributed by atoms with Crippen molar-refractivity contribution < 1.29 is 4.79 Å². The summed E-state index contributed by atoms with van der Waals surface area (Å²) in [5.41, 5.74) is 4.18. The maximum atomic E-state index is 12.3. The van der Waals surface area contributed by atoms with Crippen LogP contribution >= 0.6 is 23.1 Å². The Morgan fingerprint density at radius 1 is 1.15 bits per heavy atom. The third-order valence-corrected chi connectivity index (χ3v) is 5.69. The predicted molar refractivity (Wildman–Crippen MR) is 109 cm³/mol. The van der Waals surface area contributed by atoms with Gasteiger partial charge < -0.3 is 9.88 Å². The first-order chi connectivity index (χ1) is 12.5. The van der Waals surface area contributed by atoms with Crippen molar-refractivity contribution in [1.82, 2.24) is 14.8 Å². The molecule has 5 nitrogen and oxygen atoms in total. The topological polar surface area (TPSA) is 59.8 Å². The van der Waals surface area contributed by atoms with Crippen LogP contribution in [0.5, 0.6) is 0 Å². The number of hydrogen-bond donors (Lipinski definition) is 1. The Morgan fingerprint density at radius 2 is 1.88 bits per heavy atom. The first-order valence-electron chi connectivity index (χ1n) is 8.46.